The van der Waals surface area contributed by atoms with Gasteiger partial charge < -0.3 is 4.42 Å². The summed E-state index contributed by atoms with van der Waals surface area (Å²) in [5, 5.41) is 1.85. The van der Waals surface area contributed by atoms with Crippen LogP contribution in [0.3, 0.4) is 0 Å². The van der Waals surface area contributed by atoms with Gasteiger partial charge in [-0.05, 0) is 35.4 Å². The molecule has 5 aromatic rings. The highest BCUT2D eigenvalue weighted by atomic mass is 16.3. The normalized spacial score (nSPS) is 13.5. The van der Waals surface area contributed by atoms with Crippen molar-refractivity contribution in [2.75, 3.05) is 0 Å². The Kier molecular flexibility index (Phi) is 4.44. The third kappa shape index (κ3) is 3.76. The van der Waals surface area contributed by atoms with Crippen molar-refractivity contribution in [3.63, 3.8) is 0 Å². The highest BCUT2D eigenvalue weighted by Crippen LogP contribution is 2.44. The van der Waals surface area contributed by atoms with Crippen molar-refractivity contribution < 1.29 is 13.1 Å². The molecule has 0 bridgehead atoms. The molecule has 3 nitrogen and oxygen atoms in total. The highest BCUT2D eigenvalue weighted by Gasteiger charge is 2.24. The van der Waals surface area contributed by atoms with Crippen LogP contribution < -0.4 is 4.57 Å². The van der Waals surface area contributed by atoms with E-state index in [1.165, 1.54) is 0 Å². The maximum atomic E-state index is 8.85. The molecule has 3 aromatic carbocycles. The van der Waals surface area contributed by atoms with Crippen molar-refractivity contribution in [3.05, 3.63) is 95.4 Å². The Balaban J connectivity index is 1.87. The molecule has 168 valence electrons. The van der Waals surface area contributed by atoms with Crippen LogP contribution in [0.15, 0.2) is 77.3 Å². The quantitative estimate of drug-likeness (QED) is 0.201. The molecule has 0 unspecified atom stereocenters. The van der Waals surface area contributed by atoms with Gasteiger partial charge in [0, 0.05) is 31.2 Å². The fourth-order valence-electron chi connectivity index (χ4n) is 4.53. The van der Waals surface area contributed by atoms with E-state index in [4.69, 9.17) is 15.1 Å². The number of pyridine rings is 1. The van der Waals surface area contributed by atoms with Crippen molar-refractivity contribution in [2.45, 2.75) is 34.1 Å². The van der Waals surface area contributed by atoms with Crippen molar-refractivity contribution >= 4 is 27.6 Å². The Morgan fingerprint density at radius 3 is 2.35 bits per heavy atom. The van der Waals surface area contributed by atoms with E-state index in [9.17, 15) is 0 Å². The molecule has 0 N–H and O–H groups in total. The van der Waals surface area contributed by atoms with Gasteiger partial charge in [0.2, 0.25) is 5.69 Å². The molecule has 5 rings (SSSR count). The smallest absolute Gasteiger partial charge is 0.216 e. The molecule has 0 atom stereocenters. The third-order valence-corrected chi connectivity index (χ3v) is 6.02. The molecule has 2 heterocycles. The van der Waals surface area contributed by atoms with Gasteiger partial charge >= 0.3 is 0 Å². The molecular formula is C31H29N2O+. The van der Waals surface area contributed by atoms with Crippen LogP contribution in [0.2, 0.25) is 0 Å². The van der Waals surface area contributed by atoms with Gasteiger partial charge in [-0.1, -0.05) is 75.4 Å². The molecule has 0 aliphatic heterocycles. The fourth-order valence-corrected chi connectivity index (χ4v) is 4.53. The zero-order valence-electron chi connectivity index (χ0n) is 23.2. The van der Waals surface area contributed by atoms with Crippen molar-refractivity contribution in [3.8, 4) is 22.4 Å². The van der Waals surface area contributed by atoms with Crippen LogP contribution in [0.5, 0.6) is 0 Å². The predicted molar refractivity (Wildman–Crippen MR) is 140 cm³/mol. The monoisotopic (exact) mass is 448 g/mol. The molecule has 3 heteroatoms. The molecule has 0 radical (unpaired) electrons. The number of nitrogens with zero attached hydrogens (tertiary/aromatic N) is 2. The van der Waals surface area contributed by atoms with Gasteiger partial charge in [-0.15, -0.1) is 0 Å². The van der Waals surface area contributed by atoms with Gasteiger partial charge in [0.05, 0.1) is 13.5 Å². The standard InChI is InChI=1S/C31H29N2O/c1-20-12-13-23-24-14-15-25(32-5)28(22-10-8-7-9-11-22)30(24)34-29(23)27(20)26-18-21(16-17-33(26)6)19-31(2,3)4/h7-18H,19H2,1-4,6H3/q+1/i16D,19D2. The maximum absolute atomic E-state index is 8.85. The molecule has 0 amide bonds. The molecule has 0 spiro atoms. The van der Waals surface area contributed by atoms with Crippen molar-refractivity contribution in [1.29, 1.82) is 0 Å². The lowest BCUT2D eigenvalue weighted by molar-refractivity contribution is -0.660. The average Bonchev–Trinajstić information content (AvgIpc) is 3.22. The molecular weight excluding hydrogens is 416 g/mol. The van der Waals surface area contributed by atoms with Crippen LogP contribution >= 0.6 is 0 Å². The molecule has 0 fully saturated rings. The first-order valence-electron chi connectivity index (χ1n) is 12.9. The van der Waals surface area contributed by atoms with E-state index in [-0.39, 0.29) is 6.04 Å². The van der Waals surface area contributed by atoms with E-state index >= 15 is 0 Å². The molecule has 0 saturated carbocycles. The average molecular weight is 449 g/mol. The minimum atomic E-state index is -1.71. The Labute approximate surface area is 205 Å². The van der Waals surface area contributed by atoms with Crippen molar-refractivity contribution in [1.82, 2.24) is 0 Å². The van der Waals surface area contributed by atoms with Gasteiger partial charge in [0.15, 0.2) is 11.9 Å². The first kappa shape index (κ1) is 18.5. The molecule has 2 aromatic heterocycles. The first-order chi connectivity index (χ1) is 17.5. The van der Waals surface area contributed by atoms with Gasteiger partial charge in [-0.3, -0.25) is 0 Å². The van der Waals surface area contributed by atoms with Crippen LogP contribution in [-0.2, 0) is 13.4 Å². The van der Waals surface area contributed by atoms with E-state index < -0.39 is 11.8 Å². The largest absolute Gasteiger partial charge is 0.456 e. The minimum Gasteiger partial charge on any atom is -0.456 e. The van der Waals surface area contributed by atoms with E-state index in [1.807, 2.05) is 93.9 Å². The van der Waals surface area contributed by atoms with E-state index in [2.05, 4.69) is 4.85 Å². The van der Waals surface area contributed by atoms with Crippen LogP contribution in [-0.4, -0.2) is 0 Å². The lowest BCUT2D eigenvalue weighted by atomic mass is 9.88. The summed E-state index contributed by atoms with van der Waals surface area (Å²) in [5.41, 5.74) is 5.82. The second-order valence-electron chi connectivity index (χ2n) is 9.75. The Bertz CT molecular complexity index is 1720. The van der Waals surface area contributed by atoms with Crippen LogP contribution in [0.25, 0.3) is 49.2 Å². The summed E-state index contributed by atoms with van der Waals surface area (Å²) in [5.74, 6) is 0. The van der Waals surface area contributed by atoms with Crippen LogP contribution in [0, 0.1) is 18.9 Å². The second-order valence-corrected chi connectivity index (χ2v) is 9.75. The zero-order chi connectivity index (χ0) is 26.7. The summed E-state index contributed by atoms with van der Waals surface area (Å²) in [6.07, 6.45) is -0.0462. The minimum absolute atomic E-state index is 0.161. The Morgan fingerprint density at radius 2 is 1.68 bits per heavy atom. The number of hydrogen-bond acceptors (Lipinski definition) is 1. The van der Waals surface area contributed by atoms with Gasteiger partial charge in [-0.2, -0.15) is 0 Å². The fraction of sp³-hybridized carbons (Fsp3) is 0.226. The van der Waals surface area contributed by atoms with Crippen LogP contribution in [0.1, 0.15) is 36.0 Å². The Hall–Kier alpha value is -3.90. The summed E-state index contributed by atoms with van der Waals surface area (Å²) >= 11 is 0. The first-order valence-corrected chi connectivity index (χ1v) is 11.4. The zero-order valence-corrected chi connectivity index (χ0v) is 20.2. The summed E-state index contributed by atoms with van der Waals surface area (Å²) in [4.78, 5) is 3.77. The topological polar surface area (TPSA) is 21.4 Å². The van der Waals surface area contributed by atoms with E-state index in [0.717, 1.165) is 38.7 Å². The lowest BCUT2D eigenvalue weighted by Crippen LogP contribution is -2.31. The number of furan rings is 1. The predicted octanol–water partition coefficient (Wildman–Crippen LogP) is 8.19. The summed E-state index contributed by atoms with van der Waals surface area (Å²) < 4.78 is 34.8. The molecule has 0 saturated heterocycles. The number of fused-ring (bicyclic) bond motifs is 3. The number of benzene rings is 3. The van der Waals surface area contributed by atoms with Gasteiger partial charge in [0.1, 0.15) is 18.2 Å². The number of rotatable bonds is 3. The van der Waals surface area contributed by atoms with E-state index in [0.29, 0.717) is 22.4 Å². The van der Waals surface area contributed by atoms with Crippen LogP contribution in [0.4, 0.5) is 5.69 Å². The SMILES string of the molecule is [2H]c1c[n+](C)c(-c2c(C)ccc3c2oc2c(-c4ccccc4)c([N+]#[C-])ccc23)cc1C([2H])([2H])C(C)(C)C. The highest BCUT2D eigenvalue weighted by molar-refractivity contribution is 6.15. The number of aromatic nitrogens is 1. The molecule has 0 aliphatic carbocycles. The summed E-state index contributed by atoms with van der Waals surface area (Å²) in [6.45, 7) is 15.3. The molecule has 0 aliphatic rings. The second kappa shape index (κ2) is 8.15. The lowest BCUT2D eigenvalue weighted by Gasteiger charge is -2.18. The van der Waals surface area contributed by atoms with Crippen molar-refractivity contribution in [2.24, 2.45) is 12.5 Å². The van der Waals surface area contributed by atoms with Gasteiger partial charge in [0.25, 0.3) is 0 Å². The number of aryl methyl sites for hydroxylation is 2. The molecule has 34 heavy (non-hydrogen) atoms. The summed E-state index contributed by atoms with van der Waals surface area (Å²) in [7, 11) is 1.87. The van der Waals surface area contributed by atoms with E-state index in [1.54, 1.807) is 12.3 Å². The summed E-state index contributed by atoms with van der Waals surface area (Å²) in [6, 6.07) is 19.6. The maximum Gasteiger partial charge on any atom is 0.216 e. The number of hydrogen-bond donors (Lipinski definition) is 0. The van der Waals surface area contributed by atoms with Gasteiger partial charge in [-0.25, -0.2) is 9.41 Å². The Morgan fingerprint density at radius 1 is 1.00 bits per heavy atom. The third-order valence-electron chi connectivity index (χ3n) is 6.02.